The molecule has 1 aromatic heterocycles. The molecule has 0 saturated heterocycles. The number of hydrogen-bond donors (Lipinski definition) is 2. The van der Waals surface area contributed by atoms with Crippen LogP contribution >= 0.6 is 0 Å². The van der Waals surface area contributed by atoms with Crippen molar-refractivity contribution in [2.24, 2.45) is 17.9 Å². The number of hydrogen-bond acceptors (Lipinski definition) is 5. The predicted octanol–water partition coefficient (Wildman–Crippen LogP) is 0.979. The minimum Gasteiger partial charge on any atom is -0.494 e. The highest BCUT2D eigenvalue weighted by atomic mass is 16.5. The molecule has 0 aliphatic rings. The molecule has 0 amide bonds. The molecule has 7 heteroatoms. The number of nitrogens with one attached hydrogen (secondary N) is 1. The molecule has 0 bridgehead atoms. The first kappa shape index (κ1) is 13.9. The van der Waals surface area contributed by atoms with Crippen molar-refractivity contribution in [2.75, 3.05) is 14.2 Å². The molecule has 2 aromatic rings. The van der Waals surface area contributed by atoms with Crippen molar-refractivity contribution in [1.29, 1.82) is 0 Å². The number of rotatable bonds is 4. The van der Waals surface area contributed by atoms with E-state index >= 15 is 0 Å². The van der Waals surface area contributed by atoms with Gasteiger partial charge < -0.3 is 14.9 Å². The average molecular weight is 275 g/mol. The zero-order valence-corrected chi connectivity index (χ0v) is 11.6. The molecular formula is C13H17N5O2. The van der Waals surface area contributed by atoms with Gasteiger partial charge in [0, 0.05) is 13.2 Å². The van der Waals surface area contributed by atoms with Gasteiger partial charge in [-0.25, -0.2) is 10.8 Å². The van der Waals surface area contributed by atoms with Crippen LogP contribution in [0.3, 0.4) is 0 Å². The van der Waals surface area contributed by atoms with Crippen LogP contribution in [0.25, 0.3) is 0 Å². The smallest absolute Gasteiger partial charge is 0.168 e. The molecule has 106 valence electrons. The van der Waals surface area contributed by atoms with Crippen LogP contribution in [0.5, 0.6) is 11.5 Å². The van der Waals surface area contributed by atoms with E-state index in [-0.39, 0.29) is 0 Å². The van der Waals surface area contributed by atoms with E-state index in [2.05, 4.69) is 15.5 Å². The van der Waals surface area contributed by atoms with Crippen molar-refractivity contribution in [3.63, 3.8) is 0 Å². The van der Waals surface area contributed by atoms with Crippen LogP contribution < -0.4 is 20.7 Å². The van der Waals surface area contributed by atoms with Gasteiger partial charge in [-0.05, 0) is 18.2 Å². The van der Waals surface area contributed by atoms with Crippen LogP contribution in [-0.2, 0) is 7.05 Å². The van der Waals surface area contributed by atoms with Crippen LogP contribution in [0, 0.1) is 0 Å². The molecule has 7 nitrogen and oxygen atoms in total. The molecular weight excluding hydrogens is 258 g/mol. The average Bonchev–Trinajstić information content (AvgIpc) is 2.90. The van der Waals surface area contributed by atoms with E-state index in [0.717, 1.165) is 0 Å². The van der Waals surface area contributed by atoms with Crippen molar-refractivity contribution in [2.45, 2.75) is 0 Å². The molecule has 1 heterocycles. The number of amidine groups is 1. The number of benzene rings is 1. The molecule has 1 aromatic carbocycles. The number of aryl methyl sites for hydroxylation is 1. The fourth-order valence-corrected chi connectivity index (χ4v) is 1.76. The molecule has 3 N–H and O–H groups in total. The Morgan fingerprint density at radius 3 is 2.35 bits per heavy atom. The molecule has 0 aliphatic heterocycles. The standard InChI is InChI=1S/C13H17N5O2/c1-18-8-7-9(17-18)13(16-14)15-12-10(19-2)5-4-6-11(12)20-3/h4-8H,14H2,1-3H3,(H,15,16). The molecule has 0 radical (unpaired) electrons. The van der Waals surface area contributed by atoms with Crippen LogP contribution in [0.4, 0.5) is 5.69 Å². The minimum absolute atomic E-state index is 0.424. The third-order valence-electron chi connectivity index (χ3n) is 2.72. The van der Waals surface area contributed by atoms with Gasteiger partial charge in [0.25, 0.3) is 0 Å². The summed E-state index contributed by atoms with van der Waals surface area (Å²) in [5.41, 5.74) is 3.73. The number of hydrazine groups is 1. The number of para-hydroxylation sites is 1. The molecule has 0 spiro atoms. The van der Waals surface area contributed by atoms with Crippen LogP contribution in [0.1, 0.15) is 5.69 Å². The Bertz CT molecular complexity index is 599. The second-order valence-electron chi connectivity index (χ2n) is 3.99. The number of aromatic nitrogens is 2. The first-order valence-corrected chi connectivity index (χ1v) is 5.96. The van der Waals surface area contributed by atoms with E-state index in [4.69, 9.17) is 15.3 Å². The van der Waals surface area contributed by atoms with Gasteiger partial charge >= 0.3 is 0 Å². The largest absolute Gasteiger partial charge is 0.494 e. The Kier molecular flexibility index (Phi) is 4.21. The van der Waals surface area contributed by atoms with E-state index in [1.807, 2.05) is 19.3 Å². The monoisotopic (exact) mass is 275 g/mol. The Labute approximate surface area is 117 Å². The number of aliphatic imine (C=N–C) groups is 1. The Balaban J connectivity index is 2.51. The maximum Gasteiger partial charge on any atom is 0.168 e. The zero-order chi connectivity index (χ0) is 14.5. The van der Waals surface area contributed by atoms with Gasteiger partial charge in [0.15, 0.2) is 5.84 Å². The lowest BCUT2D eigenvalue weighted by atomic mass is 10.2. The lowest BCUT2D eigenvalue weighted by molar-refractivity contribution is 0.397. The lowest BCUT2D eigenvalue weighted by Crippen LogP contribution is -2.31. The predicted molar refractivity (Wildman–Crippen MR) is 76.3 cm³/mol. The Hall–Kier alpha value is -2.54. The second kappa shape index (κ2) is 6.07. The minimum atomic E-state index is 0.424. The number of nitrogens with two attached hydrogens (primary N) is 1. The molecule has 20 heavy (non-hydrogen) atoms. The van der Waals surface area contributed by atoms with Gasteiger partial charge in [0.1, 0.15) is 22.9 Å². The first-order chi connectivity index (χ1) is 9.69. The zero-order valence-electron chi connectivity index (χ0n) is 11.6. The molecule has 0 saturated carbocycles. The quantitative estimate of drug-likeness (QED) is 0.376. The molecule has 0 fully saturated rings. The highest BCUT2D eigenvalue weighted by Crippen LogP contribution is 2.37. The van der Waals surface area contributed by atoms with Gasteiger partial charge in [-0.15, -0.1) is 0 Å². The number of nitrogens with zero attached hydrogens (tertiary/aromatic N) is 3. The summed E-state index contributed by atoms with van der Waals surface area (Å²) in [6.07, 6.45) is 1.81. The van der Waals surface area contributed by atoms with Gasteiger partial charge in [-0.3, -0.25) is 4.68 Å². The van der Waals surface area contributed by atoms with Crippen LogP contribution in [0.15, 0.2) is 35.5 Å². The Morgan fingerprint density at radius 2 is 1.90 bits per heavy atom. The second-order valence-corrected chi connectivity index (χ2v) is 3.99. The van der Waals surface area contributed by atoms with Gasteiger partial charge in [-0.1, -0.05) is 6.07 Å². The van der Waals surface area contributed by atoms with E-state index in [0.29, 0.717) is 28.7 Å². The maximum absolute atomic E-state index is 5.53. The highest BCUT2D eigenvalue weighted by molar-refractivity contribution is 5.99. The summed E-state index contributed by atoms with van der Waals surface area (Å²) in [6, 6.07) is 7.23. The first-order valence-electron chi connectivity index (χ1n) is 5.96. The number of methoxy groups -OCH3 is 2. The fourth-order valence-electron chi connectivity index (χ4n) is 1.76. The summed E-state index contributed by atoms with van der Waals surface area (Å²) in [6.45, 7) is 0. The lowest BCUT2D eigenvalue weighted by Gasteiger charge is -2.10. The fraction of sp³-hybridized carbons (Fsp3) is 0.231. The SMILES string of the molecule is COc1cccc(OC)c1N=C(NN)c1ccn(C)n1. The van der Waals surface area contributed by atoms with Crippen molar-refractivity contribution >= 4 is 11.5 Å². The molecule has 0 atom stereocenters. The summed E-state index contributed by atoms with van der Waals surface area (Å²) in [7, 11) is 4.97. The maximum atomic E-state index is 5.53. The van der Waals surface area contributed by atoms with Gasteiger partial charge in [0.2, 0.25) is 0 Å². The molecule has 0 aliphatic carbocycles. The highest BCUT2D eigenvalue weighted by Gasteiger charge is 2.12. The third kappa shape index (κ3) is 2.72. The van der Waals surface area contributed by atoms with Crippen molar-refractivity contribution in [3.8, 4) is 11.5 Å². The normalized spacial score (nSPS) is 11.3. The third-order valence-corrected chi connectivity index (χ3v) is 2.72. The van der Waals surface area contributed by atoms with Crippen molar-refractivity contribution in [1.82, 2.24) is 15.2 Å². The van der Waals surface area contributed by atoms with E-state index in [9.17, 15) is 0 Å². The Morgan fingerprint density at radius 1 is 1.25 bits per heavy atom. The van der Waals surface area contributed by atoms with E-state index in [1.165, 1.54) is 0 Å². The summed E-state index contributed by atoms with van der Waals surface area (Å²) < 4.78 is 12.3. The van der Waals surface area contributed by atoms with Gasteiger partial charge in [-0.2, -0.15) is 5.10 Å². The van der Waals surface area contributed by atoms with Gasteiger partial charge in [0.05, 0.1) is 14.2 Å². The number of ether oxygens (including phenoxy) is 2. The molecule has 0 unspecified atom stereocenters. The summed E-state index contributed by atoms with van der Waals surface area (Å²) in [5.74, 6) is 7.14. The molecule has 2 rings (SSSR count). The topological polar surface area (TPSA) is 86.7 Å². The summed E-state index contributed by atoms with van der Waals surface area (Å²) >= 11 is 0. The van der Waals surface area contributed by atoms with Crippen LogP contribution in [0.2, 0.25) is 0 Å². The van der Waals surface area contributed by atoms with Crippen LogP contribution in [-0.4, -0.2) is 29.8 Å². The summed E-state index contributed by atoms with van der Waals surface area (Å²) in [4.78, 5) is 4.46. The van der Waals surface area contributed by atoms with Crippen molar-refractivity contribution < 1.29 is 9.47 Å². The van der Waals surface area contributed by atoms with E-state index in [1.54, 1.807) is 37.1 Å². The van der Waals surface area contributed by atoms with E-state index < -0.39 is 0 Å². The van der Waals surface area contributed by atoms with Crippen molar-refractivity contribution in [3.05, 3.63) is 36.2 Å². The summed E-state index contributed by atoms with van der Waals surface area (Å²) in [5, 5.41) is 4.25.